The van der Waals surface area contributed by atoms with E-state index < -0.39 is 0 Å². The van der Waals surface area contributed by atoms with Crippen molar-refractivity contribution < 1.29 is 4.74 Å². The van der Waals surface area contributed by atoms with E-state index in [1.54, 1.807) is 7.11 Å². The Morgan fingerprint density at radius 1 is 1.09 bits per heavy atom. The van der Waals surface area contributed by atoms with Crippen LogP contribution in [0.15, 0.2) is 35.6 Å². The maximum atomic E-state index is 5.32. The van der Waals surface area contributed by atoms with Crippen molar-refractivity contribution in [1.82, 2.24) is 0 Å². The Morgan fingerprint density at radius 3 is 1.96 bits per heavy atom. The molecule has 1 heteroatoms. The van der Waals surface area contributed by atoms with Gasteiger partial charge in [0.2, 0.25) is 0 Å². The summed E-state index contributed by atoms with van der Waals surface area (Å²) < 4.78 is 5.32. The second-order valence-electron chi connectivity index (χ2n) is 6.50. The van der Waals surface area contributed by atoms with Gasteiger partial charge in [0.25, 0.3) is 0 Å². The summed E-state index contributed by atoms with van der Waals surface area (Å²) in [7, 11) is 1.73. The highest BCUT2D eigenvalue weighted by atomic mass is 16.5. The molecule has 0 saturated heterocycles. The van der Waals surface area contributed by atoms with Crippen LogP contribution in [0.1, 0.15) is 88.5 Å². The average Bonchev–Trinajstić information content (AvgIpc) is 2.76. The summed E-state index contributed by atoms with van der Waals surface area (Å²) in [6, 6.07) is 0. The Bertz CT molecular complexity index is 326. The van der Waals surface area contributed by atoms with Crippen molar-refractivity contribution in [2.75, 3.05) is 7.11 Å². The molecule has 0 aromatic rings. The molecule has 1 unspecified atom stereocenters. The average molecular weight is 325 g/mol. The first-order valence-corrected chi connectivity index (χ1v) is 9.45. The van der Waals surface area contributed by atoms with E-state index in [0.29, 0.717) is 11.3 Å². The Labute approximate surface area is 147 Å². The molecule has 0 fully saturated rings. The summed E-state index contributed by atoms with van der Waals surface area (Å²) in [4.78, 5) is 0. The second-order valence-corrected chi connectivity index (χ2v) is 6.50. The smallest absolute Gasteiger partial charge is 0.118 e. The fraction of sp³-hybridized carbons (Fsp3) is 0.727. The van der Waals surface area contributed by atoms with Crippen LogP contribution in [0, 0.1) is 11.3 Å². The van der Waals surface area contributed by atoms with Crippen molar-refractivity contribution in [2.45, 2.75) is 88.5 Å². The molecule has 0 aliphatic heterocycles. The molecule has 138 valence electrons. The fourth-order valence-electron chi connectivity index (χ4n) is 2.18. The van der Waals surface area contributed by atoms with Gasteiger partial charge in [-0.1, -0.05) is 93.4 Å². The van der Waals surface area contributed by atoms with Gasteiger partial charge in [-0.25, -0.2) is 0 Å². The molecule has 0 bridgehead atoms. The van der Waals surface area contributed by atoms with Crippen molar-refractivity contribution in [1.29, 1.82) is 0 Å². The van der Waals surface area contributed by atoms with Crippen LogP contribution in [0.4, 0.5) is 0 Å². The third-order valence-electron chi connectivity index (χ3n) is 2.87. The topological polar surface area (TPSA) is 9.23 Å². The number of rotatable bonds is 3. The first-order valence-electron chi connectivity index (χ1n) is 9.45. The number of methoxy groups -OCH3 is 1. The Kier molecular flexibility index (Phi) is 20.3. The van der Waals surface area contributed by atoms with Crippen LogP contribution in [0.3, 0.4) is 0 Å². The van der Waals surface area contributed by atoms with E-state index in [-0.39, 0.29) is 0 Å². The van der Waals surface area contributed by atoms with Crippen LogP contribution in [0.5, 0.6) is 0 Å². The van der Waals surface area contributed by atoms with Crippen molar-refractivity contribution in [3.63, 3.8) is 0 Å². The first kappa shape index (κ1) is 26.9. The predicted octanol–water partition coefficient (Wildman–Crippen LogP) is 7.94. The molecule has 0 radical (unpaired) electrons. The fourth-order valence-corrected chi connectivity index (χ4v) is 2.18. The molecule has 1 atom stereocenters. The third kappa shape index (κ3) is 17.2. The molecule has 0 N–H and O–H groups in total. The molecule has 1 nitrogen and oxygen atoms in total. The van der Waals surface area contributed by atoms with Crippen molar-refractivity contribution in [3.05, 3.63) is 35.6 Å². The highest BCUT2D eigenvalue weighted by molar-refractivity contribution is 5.29. The normalized spacial score (nSPS) is 14.2. The summed E-state index contributed by atoms with van der Waals surface area (Å²) >= 11 is 0. The summed E-state index contributed by atoms with van der Waals surface area (Å²) in [6.45, 7) is 21.4. The van der Waals surface area contributed by atoms with E-state index in [0.717, 1.165) is 12.2 Å². The van der Waals surface area contributed by atoms with E-state index in [1.807, 2.05) is 33.8 Å². The molecule has 1 rings (SSSR count). The molecule has 1 aliphatic carbocycles. The van der Waals surface area contributed by atoms with Crippen LogP contribution in [-0.2, 0) is 4.74 Å². The van der Waals surface area contributed by atoms with E-state index >= 15 is 0 Å². The highest BCUT2D eigenvalue weighted by Crippen LogP contribution is 2.31. The minimum atomic E-state index is 0.382. The van der Waals surface area contributed by atoms with Crippen molar-refractivity contribution >= 4 is 0 Å². The molecular weight excluding hydrogens is 280 g/mol. The van der Waals surface area contributed by atoms with Crippen LogP contribution in [0.25, 0.3) is 0 Å². The lowest BCUT2D eigenvalue weighted by molar-refractivity contribution is 0.302. The van der Waals surface area contributed by atoms with Crippen LogP contribution < -0.4 is 0 Å². The largest absolute Gasteiger partial charge is 0.497 e. The van der Waals surface area contributed by atoms with E-state index in [2.05, 4.69) is 59.8 Å². The molecule has 0 heterocycles. The highest BCUT2D eigenvalue weighted by Gasteiger charge is 2.18. The quantitative estimate of drug-likeness (QED) is 0.512. The zero-order valence-electron chi connectivity index (χ0n) is 17.9. The Hall–Kier alpha value is -0.980. The number of hydrogen-bond acceptors (Lipinski definition) is 1. The van der Waals surface area contributed by atoms with E-state index in [4.69, 9.17) is 4.74 Å². The lowest BCUT2D eigenvalue weighted by Crippen LogP contribution is -2.12. The van der Waals surface area contributed by atoms with Gasteiger partial charge >= 0.3 is 0 Å². The SMILES string of the molecule is CC.CC.CCC.COC1=CC=CCC(C(C)CC(C)(C)C)=C1. The zero-order valence-corrected chi connectivity index (χ0v) is 17.9. The molecule has 1 aliphatic rings. The maximum Gasteiger partial charge on any atom is 0.118 e. The molecule has 0 spiro atoms. The first-order chi connectivity index (χ1) is 10.8. The van der Waals surface area contributed by atoms with Crippen LogP contribution in [-0.4, -0.2) is 7.11 Å². The third-order valence-corrected chi connectivity index (χ3v) is 2.87. The van der Waals surface area contributed by atoms with Gasteiger partial charge < -0.3 is 4.74 Å². The summed E-state index contributed by atoms with van der Waals surface area (Å²) in [5.41, 5.74) is 1.85. The molecule has 0 aromatic heterocycles. The minimum Gasteiger partial charge on any atom is -0.497 e. The second kappa shape index (κ2) is 17.4. The maximum absolute atomic E-state index is 5.32. The lowest BCUT2D eigenvalue weighted by atomic mass is 9.81. The summed E-state index contributed by atoms with van der Waals surface area (Å²) in [5, 5.41) is 0. The van der Waals surface area contributed by atoms with Crippen LogP contribution in [0.2, 0.25) is 0 Å². The zero-order chi connectivity index (χ0) is 18.9. The van der Waals surface area contributed by atoms with Gasteiger partial charge in [-0.05, 0) is 36.3 Å². The van der Waals surface area contributed by atoms with Gasteiger partial charge in [-0.3, -0.25) is 0 Å². The molecule has 0 saturated carbocycles. The number of allylic oxidation sites excluding steroid dienone is 5. The Morgan fingerprint density at radius 2 is 1.57 bits per heavy atom. The summed E-state index contributed by atoms with van der Waals surface area (Å²) in [5.74, 6) is 1.57. The molecule has 23 heavy (non-hydrogen) atoms. The van der Waals surface area contributed by atoms with Crippen LogP contribution >= 0.6 is 0 Å². The predicted molar refractivity (Wildman–Crippen MR) is 109 cm³/mol. The van der Waals surface area contributed by atoms with Gasteiger partial charge in [0.15, 0.2) is 0 Å². The number of hydrogen-bond donors (Lipinski definition) is 0. The summed E-state index contributed by atoms with van der Waals surface area (Å²) in [6.07, 6.45) is 12.0. The number of ether oxygens (including phenoxy) is 1. The van der Waals surface area contributed by atoms with Gasteiger partial charge in [0.05, 0.1) is 7.11 Å². The van der Waals surface area contributed by atoms with Gasteiger partial charge in [-0.15, -0.1) is 0 Å². The van der Waals surface area contributed by atoms with Gasteiger partial charge in [-0.2, -0.15) is 0 Å². The lowest BCUT2D eigenvalue weighted by Gasteiger charge is -2.25. The molecule has 0 aromatic carbocycles. The van der Waals surface area contributed by atoms with E-state index in [9.17, 15) is 0 Å². The minimum absolute atomic E-state index is 0.382. The van der Waals surface area contributed by atoms with Gasteiger partial charge in [0, 0.05) is 0 Å². The Balaban J connectivity index is -0.000000496. The van der Waals surface area contributed by atoms with Gasteiger partial charge in [0.1, 0.15) is 5.76 Å². The standard InChI is InChI=1S/C15H24O.C3H8.2C2H6/c1-12(11-15(2,3)4)13-8-6-7-9-14(10-13)16-5;1-3-2;2*1-2/h6-7,9-10,12H,8,11H2,1-5H3;3H2,1-2H3;2*1-2H3. The molecule has 0 amide bonds. The monoisotopic (exact) mass is 324 g/mol. The van der Waals surface area contributed by atoms with E-state index in [1.165, 1.54) is 18.4 Å². The molecular formula is C22H44O. The van der Waals surface area contributed by atoms with Crippen molar-refractivity contribution in [2.24, 2.45) is 11.3 Å². The van der Waals surface area contributed by atoms with Crippen molar-refractivity contribution in [3.8, 4) is 0 Å².